The van der Waals surface area contributed by atoms with Gasteiger partial charge in [0.25, 0.3) is 0 Å². The van der Waals surface area contributed by atoms with Crippen molar-refractivity contribution in [3.8, 4) is 0 Å². The first kappa shape index (κ1) is 33.0. The molecule has 6 aromatic heterocycles. The summed E-state index contributed by atoms with van der Waals surface area (Å²) in [6.07, 6.45) is 10.0. The van der Waals surface area contributed by atoms with Crippen LogP contribution < -0.4 is 0 Å². The Balaban J connectivity index is 0.000000159. The van der Waals surface area contributed by atoms with Crippen molar-refractivity contribution in [3.05, 3.63) is 130 Å². The van der Waals surface area contributed by atoms with Crippen LogP contribution in [-0.2, 0) is 0 Å². The molecule has 8 aromatic rings. The van der Waals surface area contributed by atoms with Crippen LogP contribution in [-0.4, -0.2) is 49.1 Å². The molecule has 0 spiro atoms. The fourth-order valence-electron chi connectivity index (χ4n) is 5.25. The average molecular weight is 693 g/mol. The van der Waals surface area contributed by atoms with Crippen LogP contribution in [0.4, 0.5) is 22.0 Å². The van der Waals surface area contributed by atoms with Gasteiger partial charge in [-0.2, -0.15) is 0 Å². The highest BCUT2D eigenvalue weighted by Gasteiger charge is 2.14. The maximum atomic E-state index is 13.9. The topological polar surface area (TPSA) is 112 Å². The zero-order valence-electron chi connectivity index (χ0n) is 27.4. The number of hydrogen-bond donors (Lipinski definition) is 0. The SMILES string of the molecule is Cc1ncc(C)n2nc(C=Cc3ccc4c(F)c(F)cc(F)c4n3)nc12.Cc1ncc(C)n2nc(C=Cc3ccc4cc(F)cc(F)c4n3)nc12. The van der Waals surface area contributed by atoms with Gasteiger partial charge in [0, 0.05) is 35.3 Å². The van der Waals surface area contributed by atoms with Crippen molar-refractivity contribution >= 4 is 57.4 Å². The molecule has 51 heavy (non-hydrogen) atoms. The molecule has 254 valence electrons. The first-order valence-electron chi connectivity index (χ1n) is 15.4. The van der Waals surface area contributed by atoms with E-state index >= 15 is 0 Å². The van der Waals surface area contributed by atoms with Crippen molar-refractivity contribution in [1.29, 1.82) is 0 Å². The number of benzene rings is 2. The summed E-state index contributed by atoms with van der Waals surface area (Å²) in [4.78, 5) is 25.6. The van der Waals surface area contributed by atoms with E-state index < -0.39 is 29.1 Å². The van der Waals surface area contributed by atoms with Gasteiger partial charge in [0.15, 0.2) is 46.2 Å². The summed E-state index contributed by atoms with van der Waals surface area (Å²) in [6.45, 7) is 7.46. The quantitative estimate of drug-likeness (QED) is 0.137. The molecule has 2 aromatic carbocycles. The van der Waals surface area contributed by atoms with Crippen molar-refractivity contribution in [2.75, 3.05) is 0 Å². The number of fused-ring (bicyclic) bond motifs is 4. The van der Waals surface area contributed by atoms with Crippen LogP contribution in [0.15, 0.2) is 54.9 Å². The van der Waals surface area contributed by atoms with Crippen LogP contribution in [0.1, 0.15) is 45.8 Å². The molecule has 0 bridgehead atoms. The Morgan fingerprint density at radius 3 is 1.65 bits per heavy atom. The molecule has 0 fully saturated rings. The highest BCUT2D eigenvalue weighted by molar-refractivity contribution is 5.82. The molecule has 0 aliphatic heterocycles. The lowest BCUT2D eigenvalue weighted by Gasteiger charge is -2.02. The monoisotopic (exact) mass is 692 g/mol. The van der Waals surface area contributed by atoms with Crippen LogP contribution in [0.2, 0.25) is 0 Å². The molecular formula is C36H25F5N10. The van der Waals surface area contributed by atoms with Crippen LogP contribution >= 0.6 is 0 Å². The second-order valence-corrected chi connectivity index (χ2v) is 11.5. The molecular weight excluding hydrogens is 667 g/mol. The first-order valence-corrected chi connectivity index (χ1v) is 15.4. The van der Waals surface area contributed by atoms with Crippen LogP contribution in [0.25, 0.3) is 57.4 Å². The van der Waals surface area contributed by atoms with E-state index in [0.717, 1.165) is 28.8 Å². The van der Waals surface area contributed by atoms with Crippen molar-refractivity contribution < 1.29 is 22.0 Å². The van der Waals surface area contributed by atoms with Crippen molar-refractivity contribution in [2.45, 2.75) is 27.7 Å². The Morgan fingerprint density at radius 2 is 1.08 bits per heavy atom. The second kappa shape index (κ2) is 13.1. The van der Waals surface area contributed by atoms with Crippen molar-refractivity contribution in [2.24, 2.45) is 0 Å². The lowest BCUT2D eigenvalue weighted by molar-refractivity contribution is 0.505. The molecule has 8 rings (SSSR count). The lowest BCUT2D eigenvalue weighted by atomic mass is 10.1. The number of hydrogen-bond acceptors (Lipinski definition) is 8. The minimum absolute atomic E-state index is 0.127. The molecule has 0 unspecified atom stereocenters. The molecule has 0 amide bonds. The third kappa shape index (κ3) is 6.48. The third-order valence-corrected chi connectivity index (χ3v) is 7.83. The Hall–Kier alpha value is -6.51. The van der Waals surface area contributed by atoms with Crippen molar-refractivity contribution in [1.82, 2.24) is 49.1 Å². The highest BCUT2D eigenvalue weighted by atomic mass is 19.2. The maximum Gasteiger partial charge on any atom is 0.177 e. The molecule has 15 heteroatoms. The molecule has 0 aliphatic rings. The summed E-state index contributed by atoms with van der Waals surface area (Å²) in [5, 5.41) is 8.98. The minimum Gasteiger partial charge on any atom is -0.256 e. The van der Waals surface area contributed by atoms with Gasteiger partial charge in [-0.05, 0) is 76.3 Å². The third-order valence-electron chi connectivity index (χ3n) is 7.83. The van der Waals surface area contributed by atoms with E-state index in [-0.39, 0.29) is 16.4 Å². The normalized spacial score (nSPS) is 11.9. The van der Waals surface area contributed by atoms with Crippen molar-refractivity contribution in [3.63, 3.8) is 0 Å². The standard InChI is InChI=1S/C18H12F3N5.C18H13F2N5/c1-9-8-22-10(2)18-24-15(25-26(9)18)6-4-11-3-5-12-16(21)13(19)7-14(20)17(12)23-11;1-10-9-21-11(2)18-23-16(24-25(10)18)6-5-14-4-3-12-7-13(19)8-15(20)17(12)22-14/h3-8H,1-2H3;3-9H,1-2H3. The van der Waals surface area contributed by atoms with Crippen LogP contribution in [0.5, 0.6) is 0 Å². The van der Waals surface area contributed by atoms with E-state index in [1.807, 2.05) is 27.7 Å². The van der Waals surface area contributed by atoms with E-state index in [1.54, 1.807) is 57.9 Å². The fourth-order valence-corrected chi connectivity index (χ4v) is 5.25. The lowest BCUT2D eigenvalue weighted by Crippen LogP contribution is -1.97. The molecule has 6 heterocycles. The summed E-state index contributed by atoms with van der Waals surface area (Å²) in [6, 6.07) is 8.63. The van der Waals surface area contributed by atoms with E-state index in [0.29, 0.717) is 45.8 Å². The number of halogens is 5. The average Bonchev–Trinajstić information content (AvgIpc) is 3.76. The summed E-state index contributed by atoms with van der Waals surface area (Å²) in [5.74, 6) is -3.66. The van der Waals surface area contributed by atoms with Gasteiger partial charge in [0.1, 0.15) is 16.9 Å². The maximum absolute atomic E-state index is 13.9. The Kier molecular flexibility index (Phi) is 8.46. The Labute approximate surface area is 285 Å². The van der Waals surface area contributed by atoms with E-state index in [9.17, 15) is 22.0 Å². The van der Waals surface area contributed by atoms with Gasteiger partial charge in [0.05, 0.1) is 34.2 Å². The summed E-state index contributed by atoms with van der Waals surface area (Å²) < 4.78 is 71.3. The fraction of sp³-hybridized carbons (Fsp3) is 0.111. The predicted molar refractivity (Wildman–Crippen MR) is 182 cm³/mol. The van der Waals surface area contributed by atoms with E-state index in [4.69, 9.17) is 0 Å². The molecule has 0 saturated carbocycles. The zero-order chi connectivity index (χ0) is 36.0. The number of rotatable bonds is 4. The number of aryl methyl sites for hydroxylation is 4. The molecule has 0 aliphatic carbocycles. The predicted octanol–water partition coefficient (Wildman–Crippen LogP) is 7.61. The second-order valence-electron chi connectivity index (χ2n) is 11.5. The number of aromatic nitrogens is 10. The van der Waals surface area contributed by atoms with Gasteiger partial charge >= 0.3 is 0 Å². The summed E-state index contributed by atoms with van der Waals surface area (Å²) in [5.41, 5.74) is 5.36. The largest absolute Gasteiger partial charge is 0.256 e. The number of nitrogens with zero attached hydrogens (tertiary/aromatic N) is 10. The van der Waals surface area contributed by atoms with Crippen LogP contribution in [0, 0.1) is 56.8 Å². The summed E-state index contributed by atoms with van der Waals surface area (Å²) in [7, 11) is 0. The van der Waals surface area contributed by atoms with Gasteiger partial charge in [-0.15, -0.1) is 10.2 Å². The molecule has 0 N–H and O–H groups in total. The van der Waals surface area contributed by atoms with Gasteiger partial charge in [-0.3, -0.25) is 9.97 Å². The molecule has 0 atom stereocenters. The zero-order valence-corrected chi connectivity index (χ0v) is 27.4. The van der Waals surface area contributed by atoms with Gasteiger partial charge < -0.3 is 0 Å². The molecule has 0 radical (unpaired) electrons. The van der Waals surface area contributed by atoms with Gasteiger partial charge in [-0.25, -0.2) is 50.9 Å². The van der Waals surface area contributed by atoms with Gasteiger partial charge in [0.2, 0.25) is 0 Å². The van der Waals surface area contributed by atoms with E-state index in [2.05, 4.69) is 40.1 Å². The van der Waals surface area contributed by atoms with Crippen LogP contribution in [0.3, 0.4) is 0 Å². The smallest absolute Gasteiger partial charge is 0.177 e. The Morgan fingerprint density at radius 1 is 0.549 bits per heavy atom. The van der Waals surface area contributed by atoms with E-state index in [1.165, 1.54) is 18.2 Å². The molecule has 0 saturated heterocycles. The highest BCUT2D eigenvalue weighted by Crippen LogP contribution is 2.23. The summed E-state index contributed by atoms with van der Waals surface area (Å²) >= 11 is 0. The van der Waals surface area contributed by atoms with Gasteiger partial charge in [-0.1, -0.05) is 6.07 Å². The Bertz CT molecular complexity index is 2640. The first-order chi connectivity index (χ1) is 24.4. The number of pyridine rings is 2. The minimum atomic E-state index is -1.24. The molecule has 10 nitrogen and oxygen atoms in total.